The summed E-state index contributed by atoms with van der Waals surface area (Å²) in [5.74, 6) is -0.0644. The quantitative estimate of drug-likeness (QED) is 0.277. The molecule has 1 aliphatic heterocycles. The minimum atomic E-state index is -0.811. The maximum atomic E-state index is 13.3. The molecule has 196 valence electrons. The molecule has 0 bridgehead atoms. The van der Waals surface area contributed by atoms with Gasteiger partial charge < -0.3 is 14.2 Å². The van der Waals surface area contributed by atoms with Gasteiger partial charge in [-0.1, -0.05) is 54.9 Å². The molecule has 0 aliphatic carbocycles. The van der Waals surface area contributed by atoms with Gasteiger partial charge in [0.15, 0.2) is 11.5 Å². The Kier molecular flexibility index (Phi) is 8.66. The third kappa shape index (κ3) is 6.33. The van der Waals surface area contributed by atoms with Crippen molar-refractivity contribution in [2.45, 2.75) is 26.5 Å². The van der Waals surface area contributed by atoms with E-state index < -0.39 is 17.8 Å². The third-order valence-electron chi connectivity index (χ3n) is 5.73. The second-order valence-corrected chi connectivity index (χ2v) is 8.94. The molecule has 4 amide bonds. The van der Waals surface area contributed by atoms with Crippen LogP contribution in [0.25, 0.3) is 6.08 Å². The van der Waals surface area contributed by atoms with Crippen LogP contribution in [0.1, 0.15) is 30.0 Å². The van der Waals surface area contributed by atoms with Gasteiger partial charge in [-0.05, 0) is 54.0 Å². The first-order chi connectivity index (χ1) is 18.4. The fraction of sp³-hybridized carbons (Fsp3) is 0.207. The van der Waals surface area contributed by atoms with Crippen LogP contribution in [0.5, 0.6) is 17.2 Å². The Morgan fingerprint density at radius 2 is 1.66 bits per heavy atom. The average Bonchev–Trinajstić information content (AvgIpc) is 2.92. The summed E-state index contributed by atoms with van der Waals surface area (Å²) in [6, 6.07) is 18.8. The lowest BCUT2D eigenvalue weighted by molar-refractivity contribution is -0.130. The molecule has 0 spiro atoms. The van der Waals surface area contributed by atoms with E-state index in [9.17, 15) is 14.4 Å². The van der Waals surface area contributed by atoms with E-state index in [-0.39, 0.29) is 18.7 Å². The zero-order valence-electron chi connectivity index (χ0n) is 21.0. The van der Waals surface area contributed by atoms with Crippen molar-refractivity contribution in [2.75, 3.05) is 13.7 Å². The number of urea groups is 1. The van der Waals surface area contributed by atoms with Gasteiger partial charge >= 0.3 is 6.03 Å². The summed E-state index contributed by atoms with van der Waals surface area (Å²) in [4.78, 5) is 39.6. The van der Waals surface area contributed by atoms with Crippen LogP contribution in [0.3, 0.4) is 0 Å². The van der Waals surface area contributed by atoms with Gasteiger partial charge in [0.05, 0.1) is 20.3 Å². The van der Waals surface area contributed by atoms with Crippen LogP contribution in [0.15, 0.2) is 72.3 Å². The van der Waals surface area contributed by atoms with Gasteiger partial charge in [-0.3, -0.25) is 19.8 Å². The van der Waals surface area contributed by atoms with E-state index in [4.69, 9.17) is 25.8 Å². The Morgan fingerprint density at radius 1 is 0.895 bits per heavy atom. The summed E-state index contributed by atoms with van der Waals surface area (Å²) in [5.41, 5.74) is 1.79. The van der Waals surface area contributed by atoms with E-state index in [2.05, 4.69) is 5.32 Å². The van der Waals surface area contributed by atoms with Crippen molar-refractivity contribution in [1.82, 2.24) is 10.2 Å². The highest BCUT2D eigenvalue weighted by Crippen LogP contribution is 2.30. The molecule has 38 heavy (non-hydrogen) atoms. The number of hydrogen-bond donors (Lipinski definition) is 1. The number of benzene rings is 3. The number of halogens is 1. The van der Waals surface area contributed by atoms with Crippen LogP contribution >= 0.6 is 11.6 Å². The number of methoxy groups -OCH3 is 1. The maximum Gasteiger partial charge on any atom is 0.331 e. The van der Waals surface area contributed by atoms with E-state index in [1.54, 1.807) is 36.4 Å². The number of hydrogen-bond acceptors (Lipinski definition) is 6. The highest BCUT2D eigenvalue weighted by Gasteiger charge is 2.36. The molecule has 1 N–H and O–H groups in total. The summed E-state index contributed by atoms with van der Waals surface area (Å²) < 4.78 is 17.0. The fourth-order valence-corrected chi connectivity index (χ4v) is 4.00. The second-order valence-electron chi connectivity index (χ2n) is 8.50. The minimum Gasteiger partial charge on any atom is -0.493 e. The molecule has 1 heterocycles. The number of ether oxygens (including phenoxy) is 3. The summed E-state index contributed by atoms with van der Waals surface area (Å²) >= 11 is 6.20. The van der Waals surface area contributed by atoms with Crippen molar-refractivity contribution >= 4 is 35.5 Å². The van der Waals surface area contributed by atoms with Crippen LogP contribution < -0.4 is 19.5 Å². The largest absolute Gasteiger partial charge is 0.493 e. The zero-order chi connectivity index (χ0) is 27.1. The van der Waals surface area contributed by atoms with E-state index in [0.29, 0.717) is 40.0 Å². The van der Waals surface area contributed by atoms with Crippen LogP contribution in [0.2, 0.25) is 5.02 Å². The van der Waals surface area contributed by atoms with E-state index in [1.807, 2.05) is 37.3 Å². The molecular formula is C29H27ClN2O6. The SMILES string of the molecule is CCCOc1ccc(CN2C(=O)NC(=O)/C(=C\c3cc(Cl)ccc3OCc3ccccc3)C2=O)cc1OC. The van der Waals surface area contributed by atoms with Crippen LogP contribution in [0.4, 0.5) is 4.79 Å². The third-order valence-corrected chi connectivity index (χ3v) is 5.96. The standard InChI is InChI=1S/C29H27ClN2O6/c1-3-13-37-25-11-9-20(14-26(25)36-2)17-32-28(34)23(27(33)31-29(32)35)16-21-15-22(30)10-12-24(21)38-18-19-7-5-4-6-8-19/h4-12,14-16H,3,13,17-18H2,1-2H3,(H,31,33,35)/b23-16+. The lowest BCUT2D eigenvalue weighted by atomic mass is 10.1. The summed E-state index contributed by atoms with van der Waals surface area (Å²) in [5, 5.41) is 2.64. The molecule has 0 atom stereocenters. The van der Waals surface area contributed by atoms with Crippen LogP contribution in [-0.2, 0) is 22.7 Å². The van der Waals surface area contributed by atoms with E-state index >= 15 is 0 Å². The van der Waals surface area contributed by atoms with Crippen molar-refractivity contribution in [3.63, 3.8) is 0 Å². The van der Waals surface area contributed by atoms with Crippen molar-refractivity contribution in [2.24, 2.45) is 0 Å². The van der Waals surface area contributed by atoms with Crippen molar-refractivity contribution in [1.29, 1.82) is 0 Å². The van der Waals surface area contributed by atoms with E-state index in [1.165, 1.54) is 13.2 Å². The molecule has 1 aliphatic rings. The van der Waals surface area contributed by atoms with Crippen molar-refractivity contribution < 1.29 is 28.6 Å². The lowest BCUT2D eigenvalue weighted by Crippen LogP contribution is -2.53. The number of amides is 4. The monoisotopic (exact) mass is 534 g/mol. The van der Waals surface area contributed by atoms with Gasteiger partial charge in [-0.2, -0.15) is 0 Å². The van der Waals surface area contributed by atoms with E-state index in [0.717, 1.165) is 16.9 Å². The molecule has 9 heteroatoms. The maximum absolute atomic E-state index is 13.3. The number of nitrogens with zero attached hydrogens (tertiary/aromatic N) is 1. The topological polar surface area (TPSA) is 94.2 Å². The number of barbiturate groups is 1. The molecule has 1 saturated heterocycles. The Labute approximate surface area is 225 Å². The predicted octanol–water partition coefficient (Wildman–Crippen LogP) is 5.38. The molecule has 1 fully saturated rings. The number of imide groups is 2. The van der Waals surface area contributed by atoms with Gasteiger partial charge in [-0.15, -0.1) is 0 Å². The first kappa shape index (κ1) is 26.8. The van der Waals surface area contributed by atoms with Gasteiger partial charge in [-0.25, -0.2) is 4.79 Å². The lowest BCUT2D eigenvalue weighted by Gasteiger charge is -2.26. The van der Waals surface area contributed by atoms with Crippen LogP contribution in [-0.4, -0.2) is 36.5 Å². The first-order valence-corrected chi connectivity index (χ1v) is 12.4. The summed E-state index contributed by atoms with van der Waals surface area (Å²) in [6.45, 7) is 2.73. The highest BCUT2D eigenvalue weighted by atomic mass is 35.5. The Morgan fingerprint density at radius 3 is 2.39 bits per heavy atom. The Balaban J connectivity index is 1.59. The predicted molar refractivity (Wildman–Crippen MR) is 143 cm³/mol. The molecule has 4 rings (SSSR count). The highest BCUT2D eigenvalue weighted by molar-refractivity contribution is 6.32. The van der Waals surface area contributed by atoms with Gasteiger partial charge in [0.25, 0.3) is 11.8 Å². The molecule has 0 radical (unpaired) electrons. The summed E-state index contributed by atoms with van der Waals surface area (Å²) in [6.07, 6.45) is 2.22. The first-order valence-electron chi connectivity index (χ1n) is 12.0. The molecule has 3 aromatic carbocycles. The molecular weight excluding hydrogens is 508 g/mol. The average molecular weight is 535 g/mol. The fourth-order valence-electron chi connectivity index (χ4n) is 3.82. The molecule has 0 saturated carbocycles. The molecule has 0 aromatic heterocycles. The van der Waals surface area contributed by atoms with Gasteiger partial charge in [0.2, 0.25) is 0 Å². The Hall–Kier alpha value is -4.30. The second kappa shape index (κ2) is 12.3. The molecule has 0 unspecified atom stereocenters. The van der Waals surface area contributed by atoms with Crippen molar-refractivity contribution in [3.8, 4) is 17.2 Å². The number of carbonyl (C=O) groups excluding carboxylic acids is 3. The van der Waals surface area contributed by atoms with Gasteiger partial charge in [0, 0.05) is 10.6 Å². The number of nitrogens with one attached hydrogen (secondary N) is 1. The Bertz CT molecular complexity index is 1370. The van der Waals surface area contributed by atoms with Gasteiger partial charge in [0.1, 0.15) is 17.9 Å². The molecule has 8 nitrogen and oxygen atoms in total. The normalized spacial score (nSPS) is 14.4. The smallest absolute Gasteiger partial charge is 0.331 e. The molecule has 3 aromatic rings. The summed E-state index contributed by atoms with van der Waals surface area (Å²) in [7, 11) is 1.51. The van der Waals surface area contributed by atoms with Crippen molar-refractivity contribution in [3.05, 3.63) is 94.0 Å². The number of carbonyl (C=O) groups is 3. The van der Waals surface area contributed by atoms with Crippen LogP contribution in [0, 0.1) is 0 Å². The minimum absolute atomic E-state index is 0.0768. The number of rotatable bonds is 10. The zero-order valence-corrected chi connectivity index (χ0v) is 21.8.